The molecule has 446 valence electrons. The first kappa shape index (κ1) is 72.1. The van der Waals surface area contributed by atoms with Gasteiger partial charge in [-0.05, 0) is 116 Å². The molecule has 3 N–H and O–H groups in total. The number of esters is 3. The molecule has 1 saturated heterocycles. The highest BCUT2D eigenvalue weighted by molar-refractivity contribution is 5.74. The summed E-state index contributed by atoms with van der Waals surface area (Å²) in [5.41, 5.74) is 0. The highest BCUT2D eigenvalue weighted by Crippen LogP contribution is 2.26. The summed E-state index contributed by atoms with van der Waals surface area (Å²) in [4.78, 5) is 51.2. The normalized spacial score (nSPS) is 18.7. The fourth-order valence-corrected chi connectivity index (χ4v) is 8.40. The van der Waals surface area contributed by atoms with Crippen molar-refractivity contribution in [3.8, 4) is 0 Å². The molecule has 0 amide bonds. The molecule has 0 radical (unpaired) electrons. The minimum Gasteiger partial charge on any atom is -0.479 e. The van der Waals surface area contributed by atoms with Gasteiger partial charge in [-0.1, -0.05) is 213 Å². The van der Waals surface area contributed by atoms with Crippen LogP contribution in [-0.2, 0) is 42.9 Å². The quantitative estimate of drug-likeness (QED) is 0.0228. The van der Waals surface area contributed by atoms with E-state index in [0.29, 0.717) is 19.3 Å². The Morgan fingerprint density at radius 1 is 0.430 bits per heavy atom. The van der Waals surface area contributed by atoms with Crippen LogP contribution in [0.25, 0.3) is 0 Å². The molecule has 0 aromatic heterocycles. The number of rotatable bonds is 50. The Balaban J connectivity index is 2.73. The van der Waals surface area contributed by atoms with Crippen LogP contribution in [0.3, 0.4) is 0 Å². The average Bonchev–Trinajstić information content (AvgIpc) is 3.47. The van der Waals surface area contributed by atoms with Crippen LogP contribution >= 0.6 is 0 Å². The molecule has 0 aromatic rings. The van der Waals surface area contributed by atoms with E-state index in [1.165, 1.54) is 25.7 Å². The maximum atomic E-state index is 13.1. The van der Waals surface area contributed by atoms with Gasteiger partial charge >= 0.3 is 23.9 Å². The van der Waals surface area contributed by atoms with Crippen LogP contribution in [0, 0.1) is 0 Å². The number of carboxylic acid groups (broad SMARTS) is 1. The lowest BCUT2D eigenvalue weighted by molar-refractivity contribution is -0.301. The second-order valence-corrected chi connectivity index (χ2v) is 20.2. The van der Waals surface area contributed by atoms with Gasteiger partial charge in [-0.3, -0.25) is 14.4 Å². The number of unbranched alkanes of at least 4 members (excludes halogenated alkanes) is 16. The summed E-state index contributed by atoms with van der Waals surface area (Å²) in [5, 5.41) is 31.5. The Morgan fingerprint density at radius 3 is 1.28 bits per heavy atom. The molecule has 0 aliphatic carbocycles. The van der Waals surface area contributed by atoms with E-state index in [1.807, 2.05) is 12.2 Å². The van der Waals surface area contributed by atoms with Crippen molar-refractivity contribution >= 4 is 23.9 Å². The van der Waals surface area contributed by atoms with Crippen LogP contribution in [0.15, 0.2) is 122 Å². The monoisotopic (exact) mass is 1100 g/mol. The zero-order chi connectivity index (χ0) is 57.5. The maximum Gasteiger partial charge on any atom is 0.335 e. The zero-order valence-electron chi connectivity index (χ0n) is 49.1. The van der Waals surface area contributed by atoms with E-state index >= 15 is 0 Å². The molecule has 1 aliphatic rings. The lowest BCUT2D eigenvalue weighted by atomic mass is 9.98. The number of carbonyl (C=O) groups excluding carboxylic acids is 3. The Labute approximate surface area is 478 Å². The van der Waals surface area contributed by atoms with Crippen LogP contribution in [0.1, 0.15) is 226 Å². The van der Waals surface area contributed by atoms with Crippen molar-refractivity contribution in [3.63, 3.8) is 0 Å². The van der Waals surface area contributed by atoms with Gasteiger partial charge in [-0.15, -0.1) is 0 Å². The molecule has 79 heavy (non-hydrogen) atoms. The van der Waals surface area contributed by atoms with Crippen molar-refractivity contribution in [3.05, 3.63) is 122 Å². The number of carboxylic acids is 1. The Morgan fingerprint density at radius 2 is 0.823 bits per heavy atom. The van der Waals surface area contributed by atoms with E-state index < -0.39 is 67.3 Å². The van der Waals surface area contributed by atoms with E-state index in [2.05, 4.69) is 130 Å². The van der Waals surface area contributed by atoms with Gasteiger partial charge in [0.15, 0.2) is 24.6 Å². The molecule has 1 rings (SSSR count). The SMILES string of the molecule is CC/C=C\C/C=C\C/C=C\C/C=C\C/C=C\C/C=C\CCC(=O)OCC(COC1OC(C(=O)O)C(O)C(O)C1OC(=O)CCCCCCCCC/C=C\C/C=C\C/C=C\CC)OC(=O)CCCCCCC/C=C\CCCCCC. The summed E-state index contributed by atoms with van der Waals surface area (Å²) in [7, 11) is 0. The number of carbonyl (C=O) groups is 4. The summed E-state index contributed by atoms with van der Waals surface area (Å²) >= 11 is 0. The molecule has 1 fully saturated rings. The van der Waals surface area contributed by atoms with Gasteiger partial charge in [-0.25, -0.2) is 4.79 Å². The van der Waals surface area contributed by atoms with E-state index in [9.17, 15) is 34.5 Å². The highest BCUT2D eigenvalue weighted by atomic mass is 16.7. The number of hydrogen-bond acceptors (Lipinski definition) is 11. The molecule has 0 aromatic carbocycles. The summed E-state index contributed by atoms with van der Waals surface area (Å²) in [6.45, 7) is 5.67. The largest absolute Gasteiger partial charge is 0.479 e. The number of ether oxygens (including phenoxy) is 5. The fourth-order valence-electron chi connectivity index (χ4n) is 8.40. The third-order valence-corrected chi connectivity index (χ3v) is 13.0. The maximum absolute atomic E-state index is 13.1. The third-order valence-electron chi connectivity index (χ3n) is 13.0. The summed E-state index contributed by atoms with van der Waals surface area (Å²) in [5.74, 6) is -3.27. The predicted octanol–water partition coefficient (Wildman–Crippen LogP) is 16.0. The Kier molecular flexibility index (Phi) is 49.1. The first-order valence-corrected chi connectivity index (χ1v) is 30.5. The first-order valence-electron chi connectivity index (χ1n) is 30.5. The molecule has 6 atom stereocenters. The number of allylic oxidation sites excluding steroid dienone is 20. The molecule has 12 heteroatoms. The van der Waals surface area contributed by atoms with E-state index in [4.69, 9.17) is 23.7 Å². The molecule has 6 unspecified atom stereocenters. The van der Waals surface area contributed by atoms with Crippen molar-refractivity contribution in [1.29, 1.82) is 0 Å². The van der Waals surface area contributed by atoms with Crippen molar-refractivity contribution < 1.29 is 58.2 Å². The molecule has 0 spiro atoms. The lowest BCUT2D eigenvalue weighted by Crippen LogP contribution is -2.61. The fraction of sp³-hybridized carbons (Fsp3) is 0.642. The molecular weight excluding hydrogens is 997 g/mol. The summed E-state index contributed by atoms with van der Waals surface area (Å²) < 4.78 is 28.4. The van der Waals surface area contributed by atoms with Crippen molar-refractivity contribution in [1.82, 2.24) is 0 Å². The number of hydrogen-bond donors (Lipinski definition) is 3. The van der Waals surface area contributed by atoms with Crippen LogP contribution in [0.5, 0.6) is 0 Å². The minimum absolute atomic E-state index is 0.0352. The van der Waals surface area contributed by atoms with E-state index in [0.717, 1.165) is 141 Å². The van der Waals surface area contributed by atoms with E-state index in [1.54, 1.807) is 0 Å². The molecule has 0 saturated carbocycles. The smallest absolute Gasteiger partial charge is 0.335 e. The number of aliphatic hydroxyl groups excluding tert-OH is 2. The second-order valence-electron chi connectivity index (χ2n) is 20.2. The molecular formula is C67H106O12. The topological polar surface area (TPSA) is 175 Å². The Bertz CT molecular complexity index is 1840. The second kappa shape index (κ2) is 53.7. The predicted molar refractivity (Wildman–Crippen MR) is 321 cm³/mol. The summed E-state index contributed by atoms with van der Waals surface area (Å²) in [6, 6.07) is 0. The zero-order valence-corrected chi connectivity index (χ0v) is 49.1. The van der Waals surface area contributed by atoms with Crippen LogP contribution in [0.2, 0.25) is 0 Å². The molecule has 1 heterocycles. The lowest BCUT2D eigenvalue weighted by Gasteiger charge is -2.40. The van der Waals surface area contributed by atoms with Gasteiger partial charge in [0.25, 0.3) is 0 Å². The number of aliphatic hydroxyl groups is 2. The summed E-state index contributed by atoms with van der Waals surface area (Å²) in [6.07, 6.45) is 61.7. The van der Waals surface area contributed by atoms with Gasteiger partial charge in [0.1, 0.15) is 18.8 Å². The van der Waals surface area contributed by atoms with Gasteiger partial charge in [0.2, 0.25) is 0 Å². The van der Waals surface area contributed by atoms with Crippen LogP contribution < -0.4 is 0 Å². The molecule has 12 nitrogen and oxygen atoms in total. The first-order chi connectivity index (χ1) is 38.6. The third kappa shape index (κ3) is 43.6. The number of aliphatic carboxylic acids is 1. The highest BCUT2D eigenvalue weighted by Gasteiger charge is 2.50. The Hall–Kier alpha value is -4.88. The van der Waals surface area contributed by atoms with Crippen molar-refractivity contribution in [2.45, 2.75) is 263 Å². The van der Waals surface area contributed by atoms with Gasteiger partial charge in [0, 0.05) is 19.3 Å². The van der Waals surface area contributed by atoms with Crippen LogP contribution in [0.4, 0.5) is 0 Å². The van der Waals surface area contributed by atoms with Crippen LogP contribution in [-0.4, -0.2) is 89.2 Å². The van der Waals surface area contributed by atoms with Gasteiger partial charge in [-0.2, -0.15) is 0 Å². The molecule has 0 bridgehead atoms. The van der Waals surface area contributed by atoms with Crippen molar-refractivity contribution in [2.75, 3.05) is 13.2 Å². The van der Waals surface area contributed by atoms with E-state index in [-0.39, 0.29) is 25.9 Å². The minimum atomic E-state index is -1.92. The standard InChI is InChI=1S/C67H106O12/c1-4-7-10-13-16-19-22-25-27-29-30-32-33-36-38-41-44-47-50-53-59(68)75-56-58(77-60(69)54-51-48-45-42-39-35-24-21-18-15-12-9-6-3)57-76-67-65(63(72)62(71)64(79-67)66(73)74)78-61(70)55-52-49-46-43-40-37-34-31-28-26-23-20-17-14-11-8-5-2/h7-8,10-11,16-17,19-21,24-28,30,32,36,38,44,47,58,62-65,67,71-72H,4-6,9,12-15,18,22-23,29,31,33-35,37,39-43,45-46,48-57H2,1-3H3,(H,73,74)/b10-7-,11-8-,19-16-,20-17-,24-21-,27-25-,28-26-,32-30-,38-36-,47-44-. The van der Waals surface area contributed by atoms with Crippen molar-refractivity contribution in [2.24, 2.45) is 0 Å². The van der Waals surface area contributed by atoms with Gasteiger partial charge < -0.3 is 39.0 Å². The van der Waals surface area contributed by atoms with Gasteiger partial charge in [0.05, 0.1) is 6.61 Å². The average molecular weight is 1100 g/mol. The molecule has 1 aliphatic heterocycles.